The van der Waals surface area contributed by atoms with Gasteiger partial charge < -0.3 is 0 Å². The second-order valence-electron chi connectivity index (χ2n) is 7.05. The molecule has 2 rings (SSSR count). The Bertz CT molecular complexity index is 624. The van der Waals surface area contributed by atoms with E-state index in [1.54, 1.807) is 0 Å². The summed E-state index contributed by atoms with van der Waals surface area (Å²) in [7, 11) is 3.01. The minimum absolute atomic E-state index is 0.0813. The fraction of sp³-hybridized carbons (Fsp3) is 0.500. The highest BCUT2D eigenvalue weighted by Crippen LogP contribution is 2.44. The molecule has 1 unspecified atom stereocenters. The number of hydrogen-bond donors (Lipinski definition) is 0. The van der Waals surface area contributed by atoms with Crippen molar-refractivity contribution in [3.8, 4) is 0 Å². The molecule has 0 N–H and O–H groups in total. The highest BCUT2D eigenvalue weighted by molar-refractivity contribution is 5.29. The average Bonchev–Trinajstić information content (AvgIpc) is 2.74. The third kappa shape index (κ3) is 6.14. The molecule has 2 aromatic carbocycles. The molecule has 28 heavy (non-hydrogen) atoms. The zero-order valence-corrected chi connectivity index (χ0v) is 17.4. The molecule has 0 spiro atoms. The van der Waals surface area contributed by atoms with Crippen molar-refractivity contribution in [2.75, 3.05) is 14.2 Å². The summed E-state index contributed by atoms with van der Waals surface area (Å²) >= 11 is 0. The van der Waals surface area contributed by atoms with Gasteiger partial charge in [0, 0.05) is 11.5 Å². The smallest absolute Gasteiger partial charge is 0.237 e. The quantitative estimate of drug-likeness (QED) is 0.160. The Morgan fingerprint density at radius 3 is 1.82 bits per heavy atom. The first-order valence-electron chi connectivity index (χ1n) is 10.3. The van der Waals surface area contributed by atoms with Gasteiger partial charge in [0.2, 0.25) is 0 Å². The van der Waals surface area contributed by atoms with Crippen LogP contribution in [0.25, 0.3) is 0 Å². The van der Waals surface area contributed by atoms with Crippen LogP contribution in [0.4, 0.5) is 0 Å². The van der Waals surface area contributed by atoms with Crippen molar-refractivity contribution in [2.45, 2.75) is 63.6 Å². The summed E-state index contributed by atoms with van der Waals surface area (Å²) < 4.78 is 0. The van der Waals surface area contributed by atoms with Gasteiger partial charge in [0.05, 0.1) is 14.2 Å². The monoisotopic (exact) mass is 386 g/mol. The molecular weight excluding hydrogens is 352 g/mol. The Balaban J connectivity index is 2.32. The largest absolute Gasteiger partial charge is 0.265 e. The summed E-state index contributed by atoms with van der Waals surface area (Å²) in [5.74, 6) is -1.27. The summed E-state index contributed by atoms with van der Waals surface area (Å²) in [4.78, 5) is 22.0. The lowest BCUT2D eigenvalue weighted by molar-refractivity contribution is -0.515. The van der Waals surface area contributed by atoms with Crippen LogP contribution in [0.5, 0.6) is 0 Å². The molecule has 0 bridgehead atoms. The Hall–Kier alpha value is -1.72. The van der Waals surface area contributed by atoms with Crippen molar-refractivity contribution in [2.24, 2.45) is 0 Å². The minimum atomic E-state index is -1.18. The van der Waals surface area contributed by atoms with E-state index in [0.717, 1.165) is 24.0 Å². The second-order valence-corrected chi connectivity index (χ2v) is 7.05. The van der Waals surface area contributed by atoms with Crippen LogP contribution in [0.1, 0.15) is 68.9 Å². The molecule has 0 aromatic heterocycles. The predicted molar refractivity (Wildman–Crippen MR) is 111 cm³/mol. The molecule has 0 saturated carbocycles. The van der Waals surface area contributed by atoms with E-state index >= 15 is 0 Å². The first kappa shape index (κ1) is 22.6. The lowest BCUT2D eigenvalue weighted by atomic mass is 9.82. The van der Waals surface area contributed by atoms with E-state index < -0.39 is 5.79 Å². The first-order valence-corrected chi connectivity index (χ1v) is 10.3. The predicted octanol–water partition coefficient (Wildman–Crippen LogP) is 6.53. The van der Waals surface area contributed by atoms with Crippen molar-refractivity contribution < 1.29 is 19.6 Å². The van der Waals surface area contributed by atoms with Crippen LogP contribution in [0, 0.1) is 0 Å². The number of benzene rings is 2. The minimum Gasteiger partial charge on any atom is -0.237 e. The average molecular weight is 387 g/mol. The standard InChI is InChI=1S/C24H34O4/c1-4-5-6-7-8-15-20-23(21-16-11-9-12-17-21)24(27-25-2,28-26-3)22-18-13-10-14-19-22/h9-14,16-19,23H,4-8,15,20H2,1-3H3. The normalized spacial score (nSPS) is 12.8. The van der Waals surface area contributed by atoms with Gasteiger partial charge in [0.15, 0.2) is 0 Å². The van der Waals surface area contributed by atoms with Crippen LogP contribution in [-0.2, 0) is 25.3 Å². The molecule has 4 nitrogen and oxygen atoms in total. The van der Waals surface area contributed by atoms with E-state index in [9.17, 15) is 0 Å². The molecule has 1 atom stereocenters. The van der Waals surface area contributed by atoms with Crippen molar-refractivity contribution in [3.05, 3.63) is 71.8 Å². The van der Waals surface area contributed by atoms with Crippen LogP contribution in [0.2, 0.25) is 0 Å². The highest BCUT2D eigenvalue weighted by atomic mass is 17.3. The third-order valence-corrected chi connectivity index (χ3v) is 5.10. The molecule has 4 heteroatoms. The Kier molecular flexibility index (Phi) is 10.2. The number of unbranched alkanes of at least 4 members (excludes halogenated alkanes) is 5. The highest BCUT2D eigenvalue weighted by Gasteiger charge is 2.46. The van der Waals surface area contributed by atoms with Crippen LogP contribution in [0.3, 0.4) is 0 Å². The van der Waals surface area contributed by atoms with Crippen molar-refractivity contribution in [1.82, 2.24) is 0 Å². The molecule has 0 aliphatic rings. The van der Waals surface area contributed by atoms with E-state index in [1.165, 1.54) is 46.3 Å². The summed E-state index contributed by atoms with van der Waals surface area (Å²) in [6.07, 6.45) is 8.27. The fourth-order valence-electron chi connectivity index (χ4n) is 3.74. The van der Waals surface area contributed by atoms with Gasteiger partial charge in [-0.2, -0.15) is 9.78 Å². The summed E-state index contributed by atoms with van der Waals surface area (Å²) in [5.41, 5.74) is 1.99. The Labute approximate surface area is 169 Å². The van der Waals surface area contributed by atoms with E-state index in [2.05, 4.69) is 19.1 Å². The van der Waals surface area contributed by atoms with E-state index in [-0.39, 0.29) is 5.92 Å². The Morgan fingerprint density at radius 1 is 0.714 bits per heavy atom. The van der Waals surface area contributed by atoms with Gasteiger partial charge in [-0.15, -0.1) is 0 Å². The first-order chi connectivity index (χ1) is 13.8. The molecule has 0 aliphatic carbocycles. The molecule has 0 amide bonds. The molecule has 0 aliphatic heterocycles. The maximum absolute atomic E-state index is 5.82. The van der Waals surface area contributed by atoms with Crippen molar-refractivity contribution in [3.63, 3.8) is 0 Å². The van der Waals surface area contributed by atoms with E-state index in [0.29, 0.717) is 0 Å². The van der Waals surface area contributed by atoms with Gasteiger partial charge in [-0.25, -0.2) is 9.78 Å². The lowest BCUT2D eigenvalue weighted by Gasteiger charge is -2.37. The summed E-state index contributed by atoms with van der Waals surface area (Å²) in [6.45, 7) is 2.24. The number of hydrogen-bond acceptors (Lipinski definition) is 4. The molecule has 2 aromatic rings. The van der Waals surface area contributed by atoms with E-state index in [4.69, 9.17) is 19.6 Å². The van der Waals surface area contributed by atoms with Gasteiger partial charge in [0.25, 0.3) is 5.79 Å². The maximum atomic E-state index is 5.82. The zero-order chi connectivity index (χ0) is 20.1. The topological polar surface area (TPSA) is 36.9 Å². The molecule has 0 radical (unpaired) electrons. The second kappa shape index (κ2) is 12.7. The molecule has 0 saturated heterocycles. The van der Waals surface area contributed by atoms with Crippen LogP contribution in [0.15, 0.2) is 60.7 Å². The van der Waals surface area contributed by atoms with Gasteiger partial charge in [0.1, 0.15) is 0 Å². The summed E-state index contributed by atoms with van der Waals surface area (Å²) in [5, 5.41) is 0. The van der Waals surface area contributed by atoms with Crippen LogP contribution in [-0.4, -0.2) is 14.2 Å². The molecule has 0 fully saturated rings. The molecular formula is C24H34O4. The van der Waals surface area contributed by atoms with Crippen LogP contribution >= 0.6 is 0 Å². The van der Waals surface area contributed by atoms with Gasteiger partial charge in [-0.05, 0) is 12.0 Å². The molecule has 154 valence electrons. The van der Waals surface area contributed by atoms with Crippen LogP contribution < -0.4 is 0 Å². The van der Waals surface area contributed by atoms with Crippen molar-refractivity contribution in [1.29, 1.82) is 0 Å². The van der Waals surface area contributed by atoms with Gasteiger partial charge >= 0.3 is 0 Å². The third-order valence-electron chi connectivity index (χ3n) is 5.10. The van der Waals surface area contributed by atoms with Gasteiger partial charge in [-0.3, -0.25) is 0 Å². The molecule has 0 heterocycles. The fourth-order valence-corrected chi connectivity index (χ4v) is 3.74. The Morgan fingerprint density at radius 2 is 1.25 bits per heavy atom. The SMILES string of the molecule is CCCCCCCCC(c1ccccc1)C(OOC)(OOC)c1ccccc1. The summed E-state index contributed by atoms with van der Waals surface area (Å²) in [6, 6.07) is 20.2. The van der Waals surface area contributed by atoms with Crippen molar-refractivity contribution >= 4 is 0 Å². The lowest BCUT2D eigenvalue weighted by Crippen LogP contribution is -2.39. The number of rotatable bonds is 14. The van der Waals surface area contributed by atoms with Gasteiger partial charge in [-0.1, -0.05) is 106 Å². The van der Waals surface area contributed by atoms with E-state index in [1.807, 2.05) is 48.5 Å². The maximum Gasteiger partial charge on any atom is 0.265 e. The zero-order valence-electron chi connectivity index (χ0n) is 17.4.